The number of benzene rings is 1. The Morgan fingerprint density at radius 1 is 1.19 bits per heavy atom. The number of piperidine rings is 1. The molecule has 142 valence electrons. The zero-order chi connectivity index (χ0) is 19.1. The van der Waals surface area contributed by atoms with Gasteiger partial charge < -0.3 is 14.6 Å². The Labute approximate surface area is 164 Å². The zero-order valence-corrected chi connectivity index (χ0v) is 16.9. The van der Waals surface area contributed by atoms with Crippen molar-refractivity contribution in [2.75, 3.05) is 13.1 Å². The van der Waals surface area contributed by atoms with Gasteiger partial charge in [-0.05, 0) is 55.2 Å². The first-order chi connectivity index (χ1) is 13.0. The lowest BCUT2D eigenvalue weighted by Gasteiger charge is -2.34. The summed E-state index contributed by atoms with van der Waals surface area (Å²) in [5, 5.41) is 13.8. The van der Waals surface area contributed by atoms with Crippen molar-refractivity contribution < 1.29 is 9.90 Å². The van der Waals surface area contributed by atoms with Gasteiger partial charge in [-0.25, -0.2) is 0 Å². The average molecular weight is 383 g/mol. The number of carbonyl (C=O) groups excluding carboxylic acids is 1. The third-order valence-electron chi connectivity index (χ3n) is 5.98. The number of thiophene rings is 1. The highest BCUT2D eigenvalue weighted by Crippen LogP contribution is 2.34. The van der Waals surface area contributed by atoms with E-state index in [2.05, 4.69) is 29.7 Å². The third-order valence-corrected chi connectivity index (χ3v) is 6.92. The lowest BCUT2D eigenvalue weighted by molar-refractivity contribution is 0.0467. The normalized spacial score (nSPS) is 16.8. The Balaban J connectivity index is 1.54. The van der Waals surface area contributed by atoms with Crippen LogP contribution in [0.1, 0.15) is 45.4 Å². The number of aliphatic hydroxyl groups excluding tert-OH is 1. The Bertz CT molecular complexity index is 966. The van der Waals surface area contributed by atoms with E-state index in [9.17, 15) is 9.90 Å². The van der Waals surface area contributed by atoms with Gasteiger partial charge >= 0.3 is 0 Å². The van der Waals surface area contributed by atoms with Crippen LogP contribution in [0.2, 0.25) is 0 Å². The van der Waals surface area contributed by atoms with Gasteiger partial charge in [0.25, 0.3) is 5.91 Å². The molecule has 4 rings (SSSR count). The van der Waals surface area contributed by atoms with E-state index in [4.69, 9.17) is 0 Å². The van der Waals surface area contributed by atoms with Crippen LogP contribution in [0.4, 0.5) is 0 Å². The summed E-state index contributed by atoms with van der Waals surface area (Å²) in [6, 6.07) is 10.2. The van der Waals surface area contributed by atoms with Crippen molar-refractivity contribution in [1.82, 2.24) is 9.47 Å². The second-order valence-corrected chi connectivity index (χ2v) is 8.57. The van der Waals surface area contributed by atoms with Crippen molar-refractivity contribution in [2.45, 2.75) is 32.8 Å². The Hall–Kier alpha value is -2.11. The summed E-state index contributed by atoms with van der Waals surface area (Å²) in [6.45, 7) is 5.54. The number of amides is 1. The van der Waals surface area contributed by atoms with Gasteiger partial charge in [0.05, 0.1) is 11.6 Å². The molecule has 0 aliphatic carbocycles. The molecule has 1 atom stereocenters. The van der Waals surface area contributed by atoms with E-state index in [1.165, 1.54) is 5.56 Å². The van der Waals surface area contributed by atoms with Crippen LogP contribution in [0.25, 0.3) is 10.9 Å². The van der Waals surface area contributed by atoms with Crippen molar-refractivity contribution in [3.05, 3.63) is 57.4 Å². The van der Waals surface area contributed by atoms with E-state index in [0.717, 1.165) is 39.9 Å². The summed E-state index contributed by atoms with van der Waals surface area (Å²) in [7, 11) is 1.99. The fourth-order valence-corrected chi connectivity index (χ4v) is 5.26. The Kier molecular flexibility index (Phi) is 4.82. The average Bonchev–Trinajstić information content (AvgIpc) is 3.29. The molecule has 0 bridgehead atoms. The molecule has 5 heteroatoms. The molecule has 2 aromatic heterocycles. The monoisotopic (exact) mass is 382 g/mol. The SMILES string of the molecule is Cc1c(C(=O)N2CCC([C@H](O)c3cccs3)CC2)n(C)c2c(C)cccc12. The van der Waals surface area contributed by atoms with E-state index in [1.807, 2.05) is 36.4 Å². The van der Waals surface area contributed by atoms with E-state index in [1.54, 1.807) is 11.3 Å². The summed E-state index contributed by atoms with van der Waals surface area (Å²) in [4.78, 5) is 16.3. The molecule has 3 heterocycles. The van der Waals surface area contributed by atoms with Crippen molar-refractivity contribution in [3.8, 4) is 0 Å². The highest BCUT2D eigenvalue weighted by molar-refractivity contribution is 7.10. The summed E-state index contributed by atoms with van der Waals surface area (Å²) < 4.78 is 2.05. The van der Waals surface area contributed by atoms with Crippen molar-refractivity contribution in [3.63, 3.8) is 0 Å². The van der Waals surface area contributed by atoms with Gasteiger partial charge in [-0.1, -0.05) is 24.3 Å². The fourth-order valence-electron chi connectivity index (χ4n) is 4.46. The standard InChI is InChI=1S/C22H26N2O2S/c1-14-6-4-7-17-15(2)20(23(3)19(14)17)22(26)24-11-9-16(10-12-24)21(25)18-8-5-13-27-18/h4-8,13,16,21,25H,9-12H2,1-3H3/t21-/m0/s1. The summed E-state index contributed by atoms with van der Waals surface area (Å²) >= 11 is 1.60. The van der Waals surface area contributed by atoms with Crippen molar-refractivity contribution in [2.24, 2.45) is 13.0 Å². The molecule has 1 fully saturated rings. The van der Waals surface area contributed by atoms with Gasteiger partial charge in [0.1, 0.15) is 5.69 Å². The molecule has 1 aliphatic rings. The van der Waals surface area contributed by atoms with Crippen LogP contribution in [0.15, 0.2) is 35.7 Å². The number of hydrogen-bond donors (Lipinski definition) is 1. The minimum Gasteiger partial charge on any atom is -0.387 e. The van der Waals surface area contributed by atoms with Crippen LogP contribution in [-0.4, -0.2) is 33.6 Å². The number of rotatable bonds is 3. The number of fused-ring (bicyclic) bond motifs is 1. The highest BCUT2D eigenvalue weighted by atomic mass is 32.1. The maximum Gasteiger partial charge on any atom is 0.270 e. The number of para-hydroxylation sites is 1. The van der Waals surface area contributed by atoms with Crippen molar-refractivity contribution >= 4 is 28.1 Å². The van der Waals surface area contributed by atoms with E-state index in [-0.39, 0.29) is 11.8 Å². The quantitative estimate of drug-likeness (QED) is 0.728. The topological polar surface area (TPSA) is 45.5 Å². The van der Waals surface area contributed by atoms with Gasteiger partial charge in [-0.15, -0.1) is 11.3 Å². The van der Waals surface area contributed by atoms with Crippen LogP contribution < -0.4 is 0 Å². The minimum absolute atomic E-state index is 0.106. The van der Waals surface area contributed by atoms with E-state index in [0.29, 0.717) is 13.1 Å². The lowest BCUT2D eigenvalue weighted by atomic mass is 9.90. The molecule has 0 radical (unpaired) electrons. The fraction of sp³-hybridized carbons (Fsp3) is 0.409. The summed E-state index contributed by atoms with van der Waals surface area (Å²) in [6.07, 6.45) is 1.27. The second-order valence-electron chi connectivity index (χ2n) is 7.59. The second kappa shape index (κ2) is 7.13. The largest absolute Gasteiger partial charge is 0.387 e. The van der Waals surface area contributed by atoms with Gasteiger partial charge in [-0.3, -0.25) is 4.79 Å². The lowest BCUT2D eigenvalue weighted by Crippen LogP contribution is -2.40. The van der Waals surface area contributed by atoms with Gasteiger partial charge in [0.15, 0.2) is 0 Å². The predicted octanol–water partition coefficient (Wildman–Crippen LogP) is 4.44. The number of carbonyl (C=O) groups is 1. The molecule has 27 heavy (non-hydrogen) atoms. The molecule has 1 N–H and O–H groups in total. The predicted molar refractivity (Wildman–Crippen MR) is 110 cm³/mol. The number of aliphatic hydroxyl groups is 1. The molecule has 0 spiro atoms. The molecule has 1 aliphatic heterocycles. The molecule has 0 unspecified atom stereocenters. The molecule has 3 aromatic rings. The van der Waals surface area contributed by atoms with E-state index >= 15 is 0 Å². The maximum absolute atomic E-state index is 13.3. The minimum atomic E-state index is -0.413. The molecule has 4 nitrogen and oxygen atoms in total. The molecule has 0 saturated carbocycles. The summed E-state index contributed by atoms with van der Waals surface area (Å²) in [5.74, 6) is 0.332. The molecular formula is C22H26N2O2S. The first-order valence-corrected chi connectivity index (χ1v) is 10.4. The van der Waals surface area contributed by atoms with Gasteiger partial charge in [-0.2, -0.15) is 0 Å². The number of aryl methyl sites for hydroxylation is 3. The number of aromatic nitrogens is 1. The summed E-state index contributed by atoms with van der Waals surface area (Å²) in [5.41, 5.74) is 4.18. The van der Waals surface area contributed by atoms with Gasteiger partial charge in [0, 0.05) is 30.4 Å². The first-order valence-electron chi connectivity index (χ1n) is 9.54. The molecule has 1 amide bonds. The van der Waals surface area contributed by atoms with Crippen LogP contribution in [0.3, 0.4) is 0 Å². The number of nitrogens with zero attached hydrogens (tertiary/aromatic N) is 2. The number of likely N-dealkylation sites (tertiary alicyclic amines) is 1. The first kappa shape index (κ1) is 18.3. The highest BCUT2D eigenvalue weighted by Gasteiger charge is 2.31. The Morgan fingerprint density at radius 3 is 2.56 bits per heavy atom. The van der Waals surface area contributed by atoms with Crippen molar-refractivity contribution in [1.29, 1.82) is 0 Å². The van der Waals surface area contributed by atoms with E-state index < -0.39 is 6.10 Å². The molecule has 1 aromatic carbocycles. The van der Waals surface area contributed by atoms with Crippen LogP contribution in [0.5, 0.6) is 0 Å². The molecular weight excluding hydrogens is 356 g/mol. The molecule has 1 saturated heterocycles. The smallest absolute Gasteiger partial charge is 0.270 e. The Morgan fingerprint density at radius 2 is 1.93 bits per heavy atom. The third kappa shape index (κ3) is 3.09. The zero-order valence-electron chi connectivity index (χ0n) is 16.1. The van der Waals surface area contributed by atoms with Crippen LogP contribution >= 0.6 is 11.3 Å². The van der Waals surface area contributed by atoms with Crippen LogP contribution in [-0.2, 0) is 7.05 Å². The number of hydrogen-bond acceptors (Lipinski definition) is 3. The van der Waals surface area contributed by atoms with Crippen LogP contribution in [0, 0.1) is 19.8 Å². The maximum atomic E-state index is 13.3. The van der Waals surface area contributed by atoms with Gasteiger partial charge in [0.2, 0.25) is 0 Å².